The molecule has 0 N–H and O–H groups in total. The lowest BCUT2D eigenvalue weighted by Gasteiger charge is -1.34. The molecule has 7 heavy (non-hydrogen) atoms. The third kappa shape index (κ3) is 4.48. The number of rotatable bonds is 0. The predicted octanol–water partition coefficient (Wildman–Crippen LogP) is 0.228. The lowest BCUT2D eigenvalue weighted by atomic mass is 10.5. The highest BCUT2D eigenvalue weighted by atomic mass is 14.2. The zero-order chi connectivity index (χ0) is 5.54. The third-order valence-electron chi connectivity index (χ3n) is 0.253. The molecule has 0 atom stereocenters. The molecule has 0 aromatic rings. The van der Waals surface area contributed by atoms with Gasteiger partial charge in [0.15, 0.2) is 0 Å². The van der Waals surface area contributed by atoms with Crippen LogP contribution in [0, 0.1) is 41.9 Å². The minimum atomic E-state index is 1.58. The first-order valence-electron chi connectivity index (χ1n) is 1.51. The molecule has 0 aromatic carbocycles. The van der Waals surface area contributed by atoms with Crippen LogP contribution in [-0.2, 0) is 0 Å². The second-order valence-electron chi connectivity index (χ2n) is 0.631. The van der Waals surface area contributed by atoms with E-state index < -0.39 is 0 Å². The van der Waals surface area contributed by atoms with Gasteiger partial charge in [-0.05, 0) is 0 Å². The molecule has 0 saturated heterocycles. The Balaban J connectivity index is 3.37. The van der Waals surface area contributed by atoms with E-state index in [1.807, 2.05) is 5.92 Å². The minimum absolute atomic E-state index is 1.58. The van der Waals surface area contributed by atoms with Crippen LogP contribution in [0.25, 0.3) is 0 Å². The molecule has 0 amide bonds. The summed E-state index contributed by atoms with van der Waals surface area (Å²) >= 11 is 0. The Bertz CT molecular complexity index is 167. The van der Waals surface area contributed by atoms with Crippen molar-refractivity contribution in [3.63, 3.8) is 0 Å². The third-order valence-corrected chi connectivity index (χ3v) is 0.253. The monoisotopic (exact) mass is 87.0 g/mol. The summed E-state index contributed by atoms with van der Waals surface area (Å²) in [6, 6.07) is 1.58. The first-order chi connectivity index (χ1) is 3.41. The maximum absolute atomic E-state index is 7.76. The highest BCUT2D eigenvalue weighted by molar-refractivity contribution is 5.29. The maximum Gasteiger partial charge on any atom is 0.349 e. The van der Waals surface area contributed by atoms with Crippen molar-refractivity contribution in [3.05, 3.63) is 6.42 Å². The minimum Gasteiger partial charge on any atom is -0.165 e. The molecule has 1 nitrogen and oxygen atoms in total. The fourth-order valence-electron chi connectivity index (χ4n) is 0.0953. The molecule has 0 aromatic heterocycles. The molecule has 1 heteroatoms. The van der Waals surface area contributed by atoms with Crippen LogP contribution in [0.15, 0.2) is 0 Å². The van der Waals surface area contributed by atoms with Crippen LogP contribution in [0.5, 0.6) is 0 Å². The second kappa shape index (κ2) is 4.48. The van der Waals surface area contributed by atoms with Crippen LogP contribution in [-0.4, -0.2) is 0 Å². The van der Waals surface area contributed by atoms with E-state index in [2.05, 4.69) is 18.3 Å². The lowest BCUT2D eigenvalue weighted by molar-refractivity contribution is 1.52. The van der Waals surface area contributed by atoms with Gasteiger partial charge in [-0.2, -0.15) is 5.26 Å². The Hall–Kier alpha value is -1.52. The van der Waals surface area contributed by atoms with E-state index in [0.717, 1.165) is 0 Å². The predicted molar refractivity (Wildman–Crippen MR) is 25.5 cm³/mol. The van der Waals surface area contributed by atoms with E-state index in [1.165, 1.54) is 0 Å². The van der Waals surface area contributed by atoms with Crippen LogP contribution in [0.2, 0.25) is 0 Å². The molecular formula is C6HN+. The van der Waals surface area contributed by atoms with Crippen LogP contribution in [0.1, 0.15) is 0 Å². The quantitative estimate of drug-likeness (QED) is 0.306. The molecule has 29 valence electrons. The number of hydrogen-bond acceptors (Lipinski definition) is 1. The Labute approximate surface area is 43.0 Å². The molecule has 0 unspecified atom stereocenters. The smallest absolute Gasteiger partial charge is 0.165 e. The average Bonchev–Trinajstić information content (AvgIpc) is 1.69. The maximum atomic E-state index is 7.76. The Morgan fingerprint density at radius 1 is 1.57 bits per heavy atom. The fourth-order valence-corrected chi connectivity index (χ4v) is 0.0953. The van der Waals surface area contributed by atoms with Crippen molar-refractivity contribution >= 4 is 0 Å². The summed E-state index contributed by atoms with van der Waals surface area (Å²) in [5, 5.41) is 7.76. The first kappa shape index (κ1) is 5.48. The zero-order valence-electron chi connectivity index (χ0n) is 3.52. The van der Waals surface area contributed by atoms with Gasteiger partial charge in [0.2, 0.25) is 17.9 Å². The molecule has 0 bridgehead atoms. The normalized spacial score (nSPS) is 3.71. The summed E-state index contributed by atoms with van der Waals surface area (Å²) in [6.07, 6.45) is 6.75. The van der Waals surface area contributed by atoms with Gasteiger partial charge >= 0.3 is 6.42 Å². The second-order valence-corrected chi connectivity index (χ2v) is 0.631. The van der Waals surface area contributed by atoms with E-state index in [4.69, 9.17) is 11.7 Å². The van der Waals surface area contributed by atoms with E-state index >= 15 is 0 Å². The molecule has 0 aliphatic rings. The number of nitrogens with zero attached hydrogens (tertiary/aromatic N) is 1. The van der Waals surface area contributed by atoms with Gasteiger partial charge < -0.3 is 0 Å². The average molecular weight is 87.1 g/mol. The number of hydrogen-bond donors (Lipinski definition) is 0. The molecule has 0 spiro atoms. The lowest BCUT2D eigenvalue weighted by Crippen LogP contribution is -1.55. The van der Waals surface area contributed by atoms with Gasteiger partial charge in [-0.25, -0.2) is 0 Å². The number of nitriles is 1. The van der Waals surface area contributed by atoms with Gasteiger partial charge in [0.25, 0.3) is 0 Å². The van der Waals surface area contributed by atoms with Gasteiger partial charge in [-0.3, -0.25) is 0 Å². The fraction of sp³-hybridized carbons (Fsp3) is 0. The first-order valence-corrected chi connectivity index (χ1v) is 1.51. The molecule has 0 rings (SSSR count). The van der Waals surface area contributed by atoms with Gasteiger partial charge in [-0.15, -0.1) is 0 Å². The van der Waals surface area contributed by atoms with Crippen molar-refractivity contribution in [1.82, 2.24) is 0 Å². The van der Waals surface area contributed by atoms with Crippen molar-refractivity contribution in [2.75, 3.05) is 0 Å². The summed E-state index contributed by atoms with van der Waals surface area (Å²) in [6.45, 7) is 0. The summed E-state index contributed by atoms with van der Waals surface area (Å²) in [7, 11) is 0. The van der Waals surface area contributed by atoms with Crippen molar-refractivity contribution < 1.29 is 0 Å². The SMILES string of the molecule is C#CC#C[C+]C#N. The van der Waals surface area contributed by atoms with E-state index in [9.17, 15) is 0 Å². The molecule has 0 heterocycles. The molecule has 0 saturated carbocycles. The molecule has 0 aliphatic carbocycles. The van der Waals surface area contributed by atoms with E-state index in [-0.39, 0.29) is 0 Å². The number of terminal acetylenes is 1. The van der Waals surface area contributed by atoms with Crippen LogP contribution in [0.3, 0.4) is 0 Å². The summed E-state index contributed by atoms with van der Waals surface area (Å²) in [5.74, 6) is 6.41. The van der Waals surface area contributed by atoms with Crippen molar-refractivity contribution in [2.45, 2.75) is 0 Å². The highest BCUT2D eigenvalue weighted by Crippen LogP contribution is 1.61. The Morgan fingerprint density at radius 2 is 2.29 bits per heavy atom. The van der Waals surface area contributed by atoms with Crippen LogP contribution in [0.4, 0.5) is 0 Å². The van der Waals surface area contributed by atoms with Crippen molar-refractivity contribution in [2.24, 2.45) is 0 Å². The zero-order valence-corrected chi connectivity index (χ0v) is 3.52. The molecule has 0 aliphatic heterocycles. The van der Waals surface area contributed by atoms with Gasteiger partial charge in [-0.1, -0.05) is 6.42 Å². The topological polar surface area (TPSA) is 23.8 Å². The summed E-state index contributed by atoms with van der Waals surface area (Å²) in [4.78, 5) is 0. The van der Waals surface area contributed by atoms with Gasteiger partial charge in [0.05, 0.1) is 0 Å². The summed E-state index contributed by atoms with van der Waals surface area (Å²) < 4.78 is 0. The molecule has 1 radical (unpaired) electrons. The van der Waals surface area contributed by atoms with Crippen LogP contribution < -0.4 is 0 Å². The van der Waals surface area contributed by atoms with Crippen molar-refractivity contribution in [1.29, 1.82) is 5.26 Å². The van der Waals surface area contributed by atoms with E-state index in [1.54, 1.807) is 6.07 Å². The Morgan fingerprint density at radius 3 is 2.71 bits per heavy atom. The van der Waals surface area contributed by atoms with Gasteiger partial charge in [0, 0.05) is 0 Å². The van der Waals surface area contributed by atoms with E-state index in [0.29, 0.717) is 0 Å². The Kier molecular flexibility index (Phi) is 3.51. The van der Waals surface area contributed by atoms with Crippen molar-refractivity contribution in [3.8, 4) is 30.3 Å². The van der Waals surface area contributed by atoms with Crippen LogP contribution >= 0.6 is 0 Å². The molecular weight excluding hydrogens is 86.1 g/mol. The summed E-state index contributed by atoms with van der Waals surface area (Å²) in [5.41, 5.74) is 0. The highest BCUT2D eigenvalue weighted by Gasteiger charge is 1.83. The standard InChI is InChI=1S/C6HN/c1-2-3-4-5-6-7/h1H/q+1. The molecule has 0 fully saturated rings. The largest absolute Gasteiger partial charge is 0.349 e. The van der Waals surface area contributed by atoms with Gasteiger partial charge in [0.1, 0.15) is 5.92 Å².